The topological polar surface area (TPSA) is 74.7 Å². The molecule has 6 aliphatic rings. The van der Waals surface area contributed by atoms with Crippen LogP contribution in [0.15, 0.2) is 12.2 Å². The number of carbonyl (C=O) groups excluding carboxylic acids is 1. The Kier molecular flexibility index (Phi) is 9.79. The fraction of sp³-hybridized carbons (Fsp3) is 0.897. The summed E-state index contributed by atoms with van der Waals surface area (Å²) in [6.45, 7) is 0.0485. The number of allylic oxidation sites excluding steroid dienone is 2. The normalized spacial score (nSPS) is 35.6. The number of hydrogen-bond donors (Lipinski definition) is 1. The molecule has 0 unspecified atom stereocenters. The Hall–Kier alpha value is 0.120. The summed E-state index contributed by atoms with van der Waals surface area (Å²) in [5.74, 6) is 8.34. The first-order valence-corrected chi connectivity index (χ1v) is 16.3. The van der Waals surface area contributed by atoms with E-state index in [1.807, 2.05) is 0 Å². The average Bonchev–Trinajstić information content (AvgIpc) is 2.84. The van der Waals surface area contributed by atoms with Crippen LogP contribution in [0.25, 0.3) is 0 Å². The van der Waals surface area contributed by atoms with Gasteiger partial charge in [0.1, 0.15) is 0 Å². The summed E-state index contributed by atoms with van der Waals surface area (Å²) in [4.78, 5) is 13.3. The third kappa shape index (κ3) is 5.17. The Balaban J connectivity index is 0.00000304. The van der Waals surface area contributed by atoms with Gasteiger partial charge < -0.3 is 4.90 Å². The fourth-order valence-corrected chi connectivity index (χ4v) is 9.95. The summed E-state index contributed by atoms with van der Waals surface area (Å²) >= 11 is 0. The molecule has 1 amide bonds. The van der Waals surface area contributed by atoms with Crippen molar-refractivity contribution in [2.45, 2.75) is 96.3 Å². The van der Waals surface area contributed by atoms with Crippen LogP contribution in [0.1, 0.15) is 96.3 Å². The zero-order valence-electron chi connectivity index (χ0n) is 22.7. The quantitative estimate of drug-likeness (QED) is 0.0948. The van der Waals surface area contributed by atoms with Crippen LogP contribution in [-0.4, -0.2) is 72.7 Å². The molecule has 5 nitrogen and oxygen atoms in total. The molecule has 7 heteroatoms. The van der Waals surface area contributed by atoms with Crippen LogP contribution in [0.4, 0.5) is 0 Å². The molecular formula is C29H47NNaO4S. The standard InChI is InChI=1S/C29H47NO4S.Na/c1-30(19-20-35(32,33)34)21(31)17-15-13-11-9-7-5-3-2-4-6-8-10-12-14-16-18-29-26-23-22-24(26)28(29)25(22)27(23)29;/h2-3,22-28H,4-20H2,1H3,(H,32,33,34);/b3-2-;. The number of rotatable bonds is 20. The van der Waals surface area contributed by atoms with Crippen LogP contribution >= 0.6 is 0 Å². The number of hydrogen-bond acceptors (Lipinski definition) is 3. The number of unbranched alkanes of at least 4 members (excludes halogenated alkanes) is 11. The zero-order valence-corrected chi connectivity index (χ0v) is 25.6. The average molecular weight is 529 g/mol. The third-order valence-corrected chi connectivity index (χ3v) is 11.7. The van der Waals surface area contributed by atoms with Crippen molar-refractivity contribution in [2.24, 2.45) is 46.8 Å². The SMILES string of the molecule is CN(CCS(=O)(=O)O)C(=O)CCCCCCC/C=C\CCCCCCCCC12C3C4C5C3C1C5C42.[Na]. The van der Waals surface area contributed by atoms with Gasteiger partial charge in [-0.25, -0.2) is 0 Å². The first-order chi connectivity index (χ1) is 16.9. The number of nitrogens with zero attached hydrogens (tertiary/aromatic N) is 1. The van der Waals surface area contributed by atoms with Gasteiger partial charge in [-0.3, -0.25) is 9.35 Å². The van der Waals surface area contributed by atoms with Gasteiger partial charge in [0, 0.05) is 49.6 Å². The molecule has 1 radical (unpaired) electrons. The Morgan fingerprint density at radius 2 is 1.25 bits per heavy atom. The molecule has 0 aromatic rings. The van der Waals surface area contributed by atoms with Crippen LogP contribution in [0, 0.1) is 46.8 Å². The Labute approximate surface area is 241 Å². The van der Waals surface area contributed by atoms with Crippen LogP contribution in [0.2, 0.25) is 0 Å². The van der Waals surface area contributed by atoms with Crippen LogP contribution < -0.4 is 0 Å². The van der Waals surface area contributed by atoms with Gasteiger partial charge in [-0.1, -0.05) is 63.5 Å². The maximum Gasteiger partial charge on any atom is 0.266 e. The van der Waals surface area contributed by atoms with Crippen molar-refractivity contribution in [3.8, 4) is 0 Å². The maximum atomic E-state index is 11.9. The van der Waals surface area contributed by atoms with Crippen molar-refractivity contribution in [2.75, 3.05) is 19.3 Å². The molecule has 0 aromatic carbocycles. The molecule has 0 bridgehead atoms. The summed E-state index contributed by atoms with van der Waals surface area (Å²) in [5, 5.41) is 0. The van der Waals surface area contributed by atoms with Crippen molar-refractivity contribution >= 4 is 45.6 Å². The largest absolute Gasteiger partial charge is 0.345 e. The number of amides is 1. The van der Waals surface area contributed by atoms with E-state index < -0.39 is 15.9 Å². The van der Waals surface area contributed by atoms with Crippen molar-refractivity contribution in [1.29, 1.82) is 0 Å². The Bertz CT molecular complexity index is 852. The summed E-state index contributed by atoms with van der Waals surface area (Å²) in [6.07, 6.45) is 23.2. The summed E-state index contributed by atoms with van der Waals surface area (Å²) in [5.41, 5.74) is 0.950. The molecule has 199 valence electrons. The van der Waals surface area contributed by atoms with Gasteiger partial charge in [0.2, 0.25) is 5.91 Å². The zero-order chi connectivity index (χ0) is 24.6. The monoisotopic (exact) mass is 528 g/mol. The molecule has 6 fully saturated rings. The minimum Gasteiger partial charge on any atom is -0.345 e. The van der Waals surface area contributed by atoms with Crippen LogP contribution in [-0.2, 0) is 14.9 Å². The summed E-state index contributed by atoms with van der Waals surface area (Å²) in [7, 11) is -2.42. The minimum absolute atomic E-state index is 0. The van der Waals surface area contributed by atoms with E-state index in [0.29, 0.717) is 6.42 Å². The van der Waals surface area contributed by atoms with Crippen molar-refractivity contribution in [3.63, 3.8) is 0 Å². The molecule has 6 saturated carbocycles. The van der Waals surface area contributed by atoms with Gasteiger partial charge in [0.15, 0.2) is 0 Å². The molecule has 0 saturated heterocycles. The van der Waals surface area contributed by atoms with Gasteiger partial charge >= 0.3 is 0 Å². The minimum atomic E-state index is -4.01. The van der Waals surface area contributed by atoms with E-state index in [1.54, 1.807) is 13.5 Å². The molecule has 0 spiro atoms. The van der Waals surface area contributed by atoms with E-state index in [-0.39, 0.29) is 42.0 Å². The van der Waals surface area contributed by atoms with Crippen molar-refractivity contribution < 1.29 is 17.8 Å². The number of carbonyl (C=O) groups is 1. The van der Waals surface area contributed by atoms with E-state index in [0.717, 1.165) is 31.1 Å². The second-order valence-corrected chi connectivity index (χ2v) is 14.1. The maximum absolute atomic E-state index is 11.9. The van der Waals surface area contributed by atoms with Gasteiger partial charge in [0.25, 0.3) is 10.1 Å². The third-order valence-electron chi connectivity index (χ3n) is 11.0. The van der Waals surface area contributed by atoms with Crippen molar-refractivity contribution in [3.05, 3.63) is 12.2 Å². The molecule has 0 heterocycles. The second-order valence-electron chi connectivity index (χ2n) is 12.5. The van der Waals surface area contributed by atoms with E-state index in [4.69, 9.17) is 4.55 Å². The van der Waals surface area contributed by atoms with Crippen LogP contribution in [0.3, 0.4) is 0 Å². The van der Waals surface area contributed by atoms with E-state index in [2.05, 4.69) is 12.2 Å². The second kappa shape index (κ2) is 12.1. The molecule has 0 atom stereocenters. The van der Waals surface area contributed by atoms with Crippen molar-refractivity contribution in [1.82, 2.24) is 4.90 Å². The molecular weight excluding hydrogens is 481 g/mol. The Morgan fingerprint density at radius 3 is 1.78 bits per heavy atom. The predicted octanol–water partition coefficient (Wildman–Crippen LogP) is 5.73. The van der Waals surface area contributed by atoms with E-state index in [1.165, 1.54) is 104 Å². The van der Waals surface area contributed by atoms with Crippen LogP contribution in [0.5, 0.6) is 0 Å². The molecule has 0 aromatic heterocycles. The molecule has 0 aliphatic heterocycles. The summed E-state index contributed by atoms with van der Waals surface area (Å²) in [6, 6.07) is 0. The molecule has 1 N–H and O–H groups in total. The molecule has 36 heavy (non-hydrogen) atoms. The molecule has 6 aliphatic carbocycles. The Morgan fingerprint density at radius 1 is 0.778 bits per heavy atom. The fourth-order valence-electron chi connectivity index (χ4n) is 9.44. The first kappa shape index (κ1) is 29.1. The molecule has 6 rings (SSSR count). The van der Waals surface area contributed by atoms with Gasteiger partial charge in [-0.05, 0) is 85.4 Å². The predicted molar refractivity (Wildman–Crippen MR) is 145 cm³/mol. The smallest absolute Gasteiger partial charge is 0.266 e. The first-order valence-electron chi connectivity index (χ1n) is 14.7. The summed E-state index contributed by atoms with van der Waals surface area (Å²) < 4.78 is 30.3. The van der Waals surface area contributed by atoms with Gasteiger partial charge in [-0.15, -0.1) is 0 Å². The van der Waals surface area contributed by atoms with E-state index in [9.17, 15) is 13.2 Å². The van der Waals surface area contributed by atoms with E-state index >= 15 is 0 Å². The van der Waals surface area contributed by atoms with Gasteiger partial charge in [0.05, 0.1) is 5.75 Å². The van der Waals surface area contributed by atoms with Gasteiger partial charge in [-0.2, -0.15) is 8.42 Å².